The summed E-state index contributed by atoms with van der Waals surface area (Å²) >= 11 is 0. The predicted octanol–water partition coefficient (Wildman–Crippen LogP) is 1.89. The number of nitro groups is 1. The van der Waals surface area contributed by atoms with Crippen molar-refractivity contribution in [2.45, 2.75) is 6.92 Å². The molecule has 5 heteroatoms. The SMILES string of the molecule is Cc1cc(OC=N)ccc1[N+](=O)[O-]. The molecular weight excluding hydrogens is 172 g/mol. The molecular formula is C8H8N2O3. The second kappa shape index (κ2) is 3.66. The van der Waals surface area contributed by atoms with E-state index >= 15 is 0 Å². The van der Waals surface area contributed by atoms with Crippen molar-refractivity contribution < 1.29 is 9.66 Å². The number of rotatable bonds is 3. The molecule has 1 aromatic rings. The van der Waals surface area contributed by atoms with Crippen molar-refractivity contribution in [2.75, 3.05) is 0 Å². The van der Waals surface area contributed by atoms with Crippen LogP contribution in [0.1, 0.15) is 5.56 Å². The van der Waals surface area contributed by atoms with E-state index in [4.69, 9.17) is 10.1 Å². The van der Waals surface area contributed by atoms with Crippen molar-refractivity contribution >= 4 is 12.1 Å². The lowest BCUT2D eigenvalue weighted by Gasteiger charge is -2.00. The Bertz CT molecular complexity index is 349. The van der Waals surface area contributed by atoms with Crippen molar-refractivity contribution in [3.05, 3.63) is 33.9 Å². The second-order valence-corrected chi connectivity index (χ2v) is 2.44. The van der Waals surface area contributed by atoms with E-state index in [1.165, 1.54) is 18.2 Å². The summed E-state index contributed by atoms with van der Waals surface area (Å²) < 4.78 is 4.74. The van der Waals surface area contributed by atoms with Crippen LogP contribution in [0.5, 0.6) is 5.75 Å². The summed E-state index contributed by atoms with van der Waals surface area (Å²) in [4.78, 5) is 9.96. The van der Waals surface area contributed by atoms with Gasteiger partial charge in [-0.2, -0.15) is 0 Å². The molecule has 68 valence electrons. The van der Waals surface area contributed by atoms with E-state index in [1.54, 1.807) is 6.92 Å². The van der Waals surface area contributed by atoms with Crippen molar-refractivity contribution in [2.24, 2.45) is 0 Å². The maximum atomic E-state index is 10.4. The molecule has 0 aliphatic carbocycles. The molecule has 1 rings (SSSR count). The normalized spacial score (nSPS) is 9.31. The maximum Gasteiger partial charge on any atom is 0.272 e. The Labute approximate surface area is 74.6 Å². The summed E-state index contributed by atoms with van der Waals surface area (Å²) in [5.41, 5.74) is 0.571. The molecule has 0 bridgehead atoms. The van der Waals surface area contributed by atoms with Crippen LogP contribution in [0.25, 0.3) is 0 Å². The fourth-order valence-corrected chi connectivity index (χ4v) is 0.974. The van der Waals surface area contributed by atoms with Crippen LogP contribution in [0.3, 0.4) is 0 Å². The van der Waals surface area contributed by atoms with E-state index in [-0.39, 0.29) is 5.69 Å². The minimum Gasteiger partial charge on any atom is -0.446 e. The third kappa shape index (κ3) is 2.02. The van der Waals surface area contributed by atoms with Crippen LogP contribution >= 0.6 is 0 Å². The quantitative estimate of drug-likeness (QED) is 0.334. The van der Waals surface area contributed by atoms with Crippen molar-refractivity contribution in [3.8, 4) is 5.75 Å². The summed E-state index contributed by atoms with van der Waals surface area (Å²) in [5, 5.41) is 17.1. The van der Waals surface area contributed by atoms with E-state index in [0.717, 1.165) is 6.40 Å². The van der Waals surface area contributed by atoms with Gasteiger partial charge in [-0.25, -0.2) is 0 Å². The van der Waals surface area contributed by atoms with Gasteiger partial charge in [-0.05, 0) is 19.1 Å². The Morgan fingerprint density at radius 2 is 2.31 bits per heavy atom. The molecule has 0 fully saturated rings. The average Bonchev–Trinajstić information content (AvgIpc) is 2.04. The van der Waals surface area contributed by atoms with Crippen LogP contribution in [0.15, 0.2) is 18.2 Å². The number of hydrogen-bond donors (Lipinski definition) is 1. The summed E-state index contributed by atoms with van der Waals surface area (Å²) in [7, 11) is 0. The Morgan fingerprint density at radius 1 is 1.62 bits per heavy atom. The van der Waals surface area contributed by atoms with Gasteiger partial charge in [-0.1, -0.05) is 0 Å². The molecule has 0 aliphatic rings. The van der Waals surface area contributed by atoms with Crippen molar-refractivity contribution in [1.82, 2.24) is 0 Å². The molecule has 0 unspecified atom stereocenters. The van der Waals surface area contributed by atoms with Crippen LogP contribution in [0.4, 0.5) is 5.69 Å². The fraction of sp³-hybridized carbons (Fsp3) is 0.125. The van der Waals surface area contributed by atoms with Crippen LogP contribution < -0.4 is 4.74 Å². The van der Waals surface area contributed by atoms with E-state index in [9.17, 15) is 10.1 Å². The van der Waals surface area contributed by atoms with Gasteiger partial charge in [0.2, 0.25) is 0 Å². The predicted molar refractivity (Wildman–Crippen MR) is 47.2 cm³/mol. The Balaban J connectivity index is 3.05. The zero-order valence-electron chi connectivity index (χ0n) is 6.98. The van der Waals surface area contributed by atoms with Gasteiger partial charge in [0.25, 0.3) is 5.69 Å². The largest absolute Gasteiger partial charge is 0.446 e. The highest BCUT2D eigenvalue weighted by Gasteiger charge is 2.09. The topological polar surface area (TPSA) is 76.2 Å². The first-order valence-electron chi connectivity index (χ1n) is 3.56. The van der Waals surface area contributed by atoms with Gasteiger partial charge in [0.15, 0.2) is 6.40 Å². The Kier molecular flexibility index (Phi) is 2.59. The van der Waals surface area contributed by atoms with Crippen LogP contribution in [-0.4, -0.2) is 11.3 Å². The summed E-state index contributed by atoms with van der Waals surface area (Å²) in [6.45, 7) is 1.62. The lowest BCUT2D eigenvalue weighted by Crippen LogP contribution is -1.93. The second-order valence-electron chi connectivity index (χ2n) is 2.44. The molecule has 0 aliphatic heterocycles. The smallest absolute Gasteiger partial charge is 0.272 e. The molecule has 0 radical (unpaired) electrons. The average molecular weight is 180 g/mol. The first-order valence-corrected chi connectivity index (χ1v) is 3.56. The van der Waals surface area contributed by atoms with Gasteiger partial charge in [-0.15, -0.1) is 0 Å². The van der Waals surface area contributed by atoms with Gasteiger partial charge in [-0.3, -0.25) is 15.5 Å². The van der Waals surface area contributed by atoms with Crippen LogP contribution in [0, 0.1) is 22.4 Å². The molecule has 13 heavy (non-hydrogen) atoms. The number of ether oxygens (including phenoxy) is 1. The highest BCUT2D eigenvalue weighted by molar-refractivity contribution is 5.51. The summed E-state index contributed by atoms with van der Waals surface area (Å²) in [5.74, 6) is 0.429. The zero-order chi connectivity index (χ0) is 9.84. The highest BCUT2D eigenvalue weighted by Crippen LogP contribution is 2.22. The summed E-state index contributed by atoms with van der Waals surface area (Å²) in [6.07, 6.45) is 0.778. The molecule has 5 nitrogen and oxygen atoms in total. The number of nitrogens with zero attached hydrogens (tertiary/aromatic N) is 1. The lowest BCUT2D eigenvalue weighted by atomic mass is 10.2. The molecule has 1 aromatic carbocycles. The van der Waals surface area contributed by atoms with Gasteiger partial charge in [0.05, 0.1) is 4.92 Å². The molecule has 0 saturated carbocycles. The van der Waals surface area contributed by atoms with Crippen LogP contribution in [0.2, 0.25) is 0 Å². The van der Waals surface area contributed by atoms with E-state index in [2.05, 4.69) is 0 Å². The van der Waals surface area contributed by atoms with Crippen LogP contribution in [-0.2, 0) is 0 Å². The monoisotopic (exact) mass is 180 g/mol. The minimum absolute atomic E-state index is 0.0531. The first kappa shape index (κ1) is 9.18. The van der Waals surface area contributed by atoms with E-state index < -0.39 is 4.92 Å². The standard InChI is InChI=1S/C8H8N2O3/c1-6-4-7(13-5-9)2-3-8(6)10(11)12/h2-5,9H,1H3. The van der Waals surface area contributed by atoms with Gasteiger partial charge in [0.1, 0.15) is 5.75 Å². The molecule has 0 amide bonds. The molecule has 0 aromatic heterocycles. The van der Waals surface area contributed by atoms with E-state index in [0.29, 0.717) is 11.3 Å². The number of benzene rings is 1. The number of hydrogen-bond acceptors (Lipinski definition) is 4. The van der Waals surface area contributed by atoms with Crippen molar-refractivity contribution in [3.63, 3.8) is 0 Å². The maximum absolute atomic E-state index is 10.4. The lowest BCUT2D eigenvalue weighted by molar-refractivity contribution is -0.385. The molecule has 0 saturated heterocycles. The molecule has 1 N–H and O–H groups in total. The van der Waals surface area contributed by atoms with Gasteiger partial charge in [0, 0.05) is 11.6 Å². The molecule has 0 spiro atoms. The number of aryl methyl sites for hydroxylation is 1. The zero-order valence-corrected chi connectivity index (χ0v) is 6.98. The Hall–Kier alpha value is -1.91. The minimum atomic E-state index is -0.455. The number of nitro benzene ring substituents is 1. The van der Waals surface area contributed by atoms with Gasteiger partial charge >= 0.3 is 0 Å². The third-order valence-electron chi connectivity index (χ3n) is 1.56. The third-order valence-corrected chi connectivity index (χ3v) is 1.56. The van der Waals surface area contributed by atoms with Crippen molar-refractivity contribution in [1.29, 1.82) is 5.41 Å². The van der Waals surface area contributed by atoms with Gasteiger partial charge < -0.3 is 4.74 Å². The first-order chi connectivity index (χ1) is 6.15. The molecule has 0 atom stereocenters. The Morgan fingerprint density at radius 3 is 2.77 bits per heavy atom. The molecule has 0 heterocycles. The number of nitrogens with one attached hydrogen (secondary N) is 1. The highest BCUT2D eigenvalue weighted by atomic mass is 16.6. The summed E-state index contributed by atoms with van der Waals surface area (Å²) in [6, 6.07) is 4.33. The fourth-order valence-electron chi connectivity index (χ4n) is 0.974. The van der Waals surface area contributed by atoms with E-state index in [1.807, 2.05) is 0 Å².